The molecule has 2 aromatic heterocycles. The lowest BCUT2D eigenvalue weighted by Crippen LogP contribution is -2.62. The third kappa shape index (κ3) is 20.9. The number of carbonyl (C=O) groups is 7. The Morgan fingerprint density at radius 1 is 0.628 bits per heavy atom. The summed E-state index contributed by atoms with van der Waals surface area (Å²) in [6.07, 6.45) is 17.1. The average Bonchev–Trinajstić information content (AvgIpc) is 1.66. The number of thiophene rings is 1. The Bertz CT molecular complexity index is 4530. The highest BCUT2D eigenvalue weighted by atomic mass is 32.1. The molecule has 2 unspecified atom stereocenters. The number of hydrogen-bond acceptors (Lipinski definition) is 14. The summed E-state index contributed by atoms with van der Waals surface area (Å²) in [5.74, 6) is -5.32. The van der Waals surface area contributed by atoms with Gasteiger partial charge in [0.05, 0.1) is 44.9 Å². The molecule has 1 saturated carbocycles. The highest BCUT2D eigenvalue weighted by Gasteiger charge is 2.59. The van der Waals surface area contributed by atoms with Gasteiger partial charge in [0.1, 0.15) is 34.1 Å². The number of aryl methyl sites for hydroxylation is 1. The Kier molecular flexibility index (Phi) is 32.8. The van der Waals surface area contributed by atoms with E-state index >= 15 is 22.4 Å². The number of allylic oxidation sites excluding steroid dienone is 4. The van der Waals surface area contributed by atoms with Gasteiger partial charge in [0, 0.05) is 93.1 Å². The first kappa shape index (κ1) is 90.6. The predicted molar refractivity (Wildman–Crippen MR) is 434 cm³/mol. The number of aromatic nitrogens is 1. The molecular formula is C89H112F4N8O11S. The molecule has 9 N–H and O–H groups in total. The van der Waals surface area contributed by atoms with E-state index in [-0.39, 0.29) is 45.6 Å². The van der Waals surface area contributed by atoms with E-state index in [1.807, 2.05) is 92.6 Å². The van der Waals surface area contributed by atoms with Crippen LogP contribution in [0.2, 0.25) is 0 Å². The summed E-state index contributed by atoms with van der Waals surface area (Å²) in [4.78, 5) is 96.8. The van der Waals surface area contributed by atoms with Gasteiger partial charge in [-0.05, 0) is 226 Å². The fraction of sp³-hybridized carbons (Fsp3) is 0.461. The molecule has 0 spiro atoms. The highest BCUT2D eigenvalue weighted by molar-refractivity contribution is 7.17. The van der Waals surface area contributed by atoms with Crippen molar-refractivity contribution in [3.05, 3.63) is 215 Å². The molecule has 19 nitrogen and oxygen atoms in total. The molecule has 1 fully saturated rings. The number of aldehydes is 1. The SMILES string of the molecule is C#Cc1cc(C(=O)O)cc(C(=O)N(CCC)CCC)c1.CCCN(CCC)C(=O)C1(c2cc(F)cc(F)c2)C([C@@H](CC)CNC2(c3cc(CC(C)C)no3)CC2)=C(C)C=C(C(=O)O)[C@H]1N.CCCN(CCC)C(=O)C1(c2cc(F)cc(F)c2)C([C@@H](CC)CNCc2cccc(-c3cc(C)c(C=O)s3)c2)=C(C)C=C(C(=O)O)[C@H]1N. The molecule has 113 heavy (non-hydrogen) atoms. The van der Waals surface area contributed by atoms with Crippen molar-refractivity contribution < 1.29 is 71.0 Å². The van der Waals surface area contributed by atoms with Gasteiger partial charge in [-0.3, -0.25) is 19.2 Å². The zero-order valence-corrected chi connectivity index (χ0v) is 68.3. The summed E-state index contributed by atoms with van der Waals surface area (Å²) < 4.78 is 65.8. The minimum atomic E-state index is -1.87. The molecule has 3 amide bonds. The number of halogens is 4. The van der Waals surface area contributed by atoms with Crippen LogP contribution in [0.15, 0.2) is 141 Å². The van der Waals surface area contributed by atoms with Crippen LogP contribution < -0.4 is 22.1 Å². The summed E-state index contributed by atoms with van der Waals surface area (Å²) in [7, 11) is 0. The first-order valence-corrected chi connectivity index (χ1v) is 40.2. The third-order valence-electron chi connectivity index (χ3n) is 21.1. The smallest absolute Gasteiger partial charge is 0.335 e. The van der Waals surface area contributed by atoms with Gasteiger partial charge in [0.15, 0.2) is 12.0 Å². The molecule has 0 bridgehead atoms. The molecule has 6 aromatic rings. The maximum absolute atomic E-state index is 15.0. The summed E-state index contributed by atoms with van der Waals surface area (Å²) in [5, 5.41) is 41.0. The quantitative estimate of drug-likeness (QED) is 0.0109. The molecular weight excluding hydrogens is 1470 g/mol. The molecule has 0 saturated heterocycles. The van der Waals surface area contributed by atoms with Gasteiger partial charge < -0.3 is 56.6 Å². The first-order valence-electron chi connectivity index (χ1n) is 39.4. The monoisotopic (exact) mass is 1580 g/mol. The normalized spacial score (nSPS) is 18.2. The zero-order valence-electron chi connectivity index (χ0n) is 67.5. The Balaban J connectivity index is 0.000000254. The van der Waals surface area contributed by atoms with Crippen LogP contribution in [0.1, 0.15) is 217 Å². The maximum atomic E-state index is 15.0. The van der Waals surface area contributed by atoms with Gasteiger partial charge in [0.2, 0.25) is 11.8 Å². The number of aromatic carboxylic acids is 1. The Hall–Kier alpha value is -9.64. The van der Waals surface area contributed by atoms with Crippen LogP contribution in [0.25, 0.3) is 10.4 Å². The summed E-state index contributed by atoms with van der Waals surface area (Å²) in [5.41, 5.74) is 16.1. The van der Waals surface area contributed by atoms with Crippen molar-refractivity contribution >= 4 is 53.3 Å². The number of amides is 3. The number of carboxylic acids is 3. The molecule has 24 heteroatoms. The molecule has 0 radical (unpaired) electrons. The van der Waals surface area contributed by atoms with Crippen LogP contribution in [0.5, 0.6) is 0 Å². The lowest BCUT2D eigenvalue weighted by Gasteiger charge is -2.48. The molecule has 0 aliphatic heterocycles. The van der Waals surface area contributed by atoms with Crippen LogP contribution >= 0.6 is 11.3 Å². The van der Waals surface area contributed by atoms with Crippen LogP contribution in [0, 0.1) is 60.3 Å². The number of carbonyl (C=O) groups excluding carboxylic acids is 4. The van der Waals surface area contributed by atoms with E-state index in [4.69, 9.17) is 27.5 Å². The van der Waals surface area contributed by atoms with E-state index in [0.29, 0.717) is 142 Å². The fourth-order valence-electron chi connectivity index (χ4n) is 16.0. The van der Waals surface area contributed by atoms with Gasteiger partial charge >= 0.3 is 17.9 Å². The Labute approximate surface area is 666 Å². The largest absolute Gasteiger partial charge is 0.478 e. The fourth-order valence-corrected chi connectivity index (χ4v) is 17.0. The van der Waals surface area contributed by atoms with Crippen molar-refractivity contribution in [3.63, 3.8) is 0 Å². The maximum Gasteiger partial charge on any atom is 0.335 e. The molecule has 3 aliphatic carbocycles. The summed E-state index contributed by atoms with van der Waals surface area (Å²) >= 11 is 1.44. The molecule has 6 atom stereocenters. The minimum Gasteiger partial charge on any atom is -0.478 e. The number of hydrogen-bond donors (Lipinski definition) is 7. The highest BCUT2D eigenvalue weighted by Crippen LogP contribution is 2.52. The number of terminal acetylenes is 1. The van der Waals surface area contributed by atoms with E-state index in [1.54, 1.807) is 34.6 Å². The first-order chi connectivity index (χ1) is 53.8. The van der Waals surface area contributed by atoms with Gasteiger partial charge in [-0.25, -0.2) is 31.9 Å². The number of nitrogens with zero attached hydrogens (tertiary/aromatic N) is 4. The molecule has 608 valence electrons. The van der Waals surface area contributed by atoms with Gasteiger partial charge in [-0.2, -0.15) is 0 Å². The van der Waals surface area contributed by atoms with E-state index in [0.717, 1.165) is 108 Å². The number of aliphatic carboxylic acids is 2. The zero-order chi connectivity index (χ0) is 83.4. The van der Waals surface area contributed by atoms with Crippen molar-refractivity contribution in [1.82, 2.24) is 30.5 Å². The number of benzene rings is 4. The third-order valence-corrected chi connectivity index (χ3v) is 22.4. The number of nitrogens with one attached hydrogen (secondary N) is 2. The lowest BCUT2D eigenvalue weighted by atomic mass is 9.58. The van der Waals surface area contributed by atoms with E-state index in [1.165, 1.54) is 35.6 Å². The van der Waals surface area contributed by atoms with Crippen molar-refractivity contribution in [1.29, 1.82) is 0 Å². The van der Waals surface area contributed by atoms with Crippen molar-refractivity contribution in [2.75, 3.05) is 52.4 Å². The van der Waals surface area contributed by atoms with Crippen molar-refractivity contribution in [2.45, 2.75) is 196 Å². The van der Waals surface area contributed by atoms with Gasteiger partial charge in [-0.1, -0.05) is 98.5 Å². The van der Waals surface area contributed by atoms with Crippen LogP contribution in [0.4, 0.5) is 17.6 Å². The van der Waals surface area contributed by atoms with E-state index in [2.05, 4.69) is 41.6 Å². The Morgan fingerprint density at radius 2 is 1.09 bits per heavy atom. The topological polar surface area (TPSA) is 292 Å². The second kappa shape index (κ2) is 40.9. The van der Waals surface area contributed by atoms with E-state index in [9.17, 15) is 39.0 Å². The second-order valence-corrected chi connectivity index (χ2v) is 31.2. The van der Waals surface area contributed by atoms with Gasteiger partial charge in [-0.15, -0.1) is 17.8 Å². The second-order valence-electron chi connectivity index (χ2n) is 30.1. The molecule has 3 aliphatic rings. The van der Waals surface area contributed by atoms with Crippen molar-refractivity contribution in [2.24, 2.45) is 29.2 Å². The summed E-state index contributed by atoms with van der Waals surface area (Å²) in [6.45, 7) is 29.5. The standard InChI is InChI=1S/C38H45F2N3O4S.C35H48F2N4O4.C16H19NO3/c1-6-12-43(13-7-2)37(47)38(28-17-29(39)19-30(40)18-28)34(24(5)14-31(35(38)41)36(45)46)26(8-3)21-42-20-25-10-9-11-27(16-25)32-15-23(4)33(22-44)48-32;1-7-12-41(13-8-2)33(44)35(24-16-25(36)18-26(37)17-24)30(22(6)15-28(31(35)38)32(42)43)23(9-3)20-39-34(10-11-34)29-19-27(40-45-29)14-21(4)5;1-4-7-17(8-5-2)15(18)13-9-12(6-3)10-14(11-13)16(19)20/h9-11,14-19,22,26,35,42H,6-8,12-13,20-21,41H2,1-5H3,(H,45,46);15-19,21,23,31,39H,7-14,20,38H2,1-6H3,(H,42,43);3,9-11H,4-5,7-8H2,1-2H3,(H,19,20)/t26-,35+,38?;23-,31+,35?;/m00./s1. The molecule has 4 aromatic carbocycles. The van der Waals surface area contributed by atoms with Crippen LogP contribution in [0.3, 0.4) is 0 Å². The summed E-state index contributed by atoms with van der Waals surface area (Å²) in [6, 6.07) is 19.5. The molecule has 2 heterocycles. The van der Waals surface area contributed by atoms with Crippen molar-refractivity contribution in [3.8, 4) is 22.8 Å². The Morgan fingerprint density at radius 3 is 1.50 bits per heavy atom. The van der Waals surface area contributed by atoms with E-state index < -0.39 is 81.4 Å². The van der Waals surface area contributed by atoms with Gasteiger partial charge in [0.25, 0.3) is 5.91 Å². The lowest BCUT2D eigenvalue weighted by molar-refractivity contribution is -0.139. The minimum absolute atomic E-state index is 0.00277. The predicted octanol–water partition coefficient (Wildman–Crippen LogP) is 15.8. The van der Waals surface area contributed by atoms with Crippen LogP contribution in [-0.4, -0.2) is 142 Å². The molecule has 9 rings (SSSR count). The van der Waals surface area contributed by atoms with Crippen LogP contribution in [-0.2, 0) is 48.5 Å². The number of rotatable bonds is 36. The average molecular weight is 1580 g/mol. The number of carboxylic acid groups (broad SMARTS) is 3. The number of nitrogens with two attached hydrogens (primary N) is 2.